The third-order valence-corrected chi connectivity index (χ3v) is 3.96. The molecule has 0 aliphatic rings. The Labute approximate surface area is 113 Å². The predicted molar refractivity (Wildman–Crippen MR) is 68.6 cm³/mol. The molecular formula is C12H8ClF2NO2S. The van der Waals surface area contributed by atoms with Crippen LogP contribution in [-0.4, -0.2) is 8.42 Å². The number of anilines is 1. The van der Waals surface area contributed by atoms with E-state index in [0.717, 1.165) is 18.2 Å². The highest BCUT2D eigenvalue weighted by molar-refractivity contribution is 7.92. The highest BCUT2D eigenvalue weighted by atomic mass is 35.5. The minimum absolute atomic E-state index is 0.00570. The van der Waals surface area contributed by atoms with E-state index in [2.05, 4.69) is 4.72 Å². The Morgan fingerprint density at radius 3 is 2.42 bits per heavy atom. The number of hydrogen-bond donors (Lipinski definition) is 1. The van der Waals surface area contributed by atoms with Crippen LogP contribution in [0, 0.1) is 11.6 Å². The first-order chi connectivity index (χ1) is 8.88. The molecule has 2 aromatic rings. The Hall–Kier alpha value is -1.66. The zero-order chi connectivity index (χ0) is 14.0. The summed E-state index contributed by atoms with van der Waals surface area (Å²) in [6.07, 6.45) is 0. The smallest absolute Gasteiger partial charge is 0.261 e. The molecule has 100 valence electrons. The first kappa shape index (κ1) is 13.8. The molecule has 0 bridgehead atoms. The summed E-state index contributed by atoms with van der Waals surface area (Å²) < 4.78 is 52.1. The molecule has 2 aromatic carbocycles. The van der Waals surface area contributed by atoms with Gasteiger partial charge in [0.15, 0.2) is 0 Å². The molecule has 0 radical (unpaired) electrons. The molecular weight excluding hydrogens is 296 g/mol. The monoisotopic (exact) mass is 303 g/mol. The van der Waals surface area contributed by atoms with Gasteiger partial charge < -0.3 is 0 Å². The Morgan fingerprint density at radius 2 is 1.79 bits per heavy atom. The first-order valence-corrected chi connectivity index (χ1v) is 6.98. The number of rotatable bonds is 3. The van der Waals surface area contributed by atoms with E-state index in [9.17, 15) is 17.2 Å². The molecule has 7 heteroatoms. The van der Waals surface area contributed by atoms with Crippen LogP contribution in [0.5, 0.6) is 0 Å². The van der Waals surface area contributed by atoms with Crippen LogP contribution in [-0.2, 0) is 10.0 Å². The van der Waals surface area contributed by atoms with Crippen LogP contribution in [0.4, 0.5) is 14.5 Å². The van der Waals surface area contributed by atoms with E-state index in [1.54, 1.807) is 0 Å². The van der Waals surface area contributed by atoms with Gasteiger partial charge in [-0.2, -0.15) is 0 Å². The Balaban J connectivity index is 2.33. The van der Waals surface area contributed by atoms with Crippen LogP contribution in [0.1, 0.15) is 0 Å². The molecule has 0 aromatic heterocycles. The second kappa shape index (κ2) is 5.14. The van der Waals surface area contributed by atoms with Gasteiger partial charge in [0, 0.05) is 0 Å². The molecule has 19 heavy (non-hydrogen) atoms. The topological polar surface area (TPSA) is 46.2 Å². The van der Waals surface area contributed by atoms with Gasteiger partial charge >= 0.3 is 0 Å². The molecule has 0 amide bonds. The molecule has 0 atom stereocenters. The van der Waals surface area contributed by atoms with Crippen LogP contribution >= 0.6 is 11.6 Å². The lowest BCUT2D eigenvalue weighted by atomic mass is 10.3. The quantitative estimate of drug-likeness (QED) is 0.944. The molecule has 3 nitrogen and oxygen atoms in total. The molecule has 2 rings (SSSR count). The van der Waals surface area contributed by atoms with Crippen molar-refractivity contribution in [2.24, 2.45) is 0 Å². The second-order valence-electron chi connectivity index (χ2n) is 3.69. The maximum absolute atomic E-state index is 13.2. The van der Waals surface area contributed by atoms with Gasteiger partial charge in [-0.1, -0.05) is 17.7 Å². The molecule has 0 aliphatic carbocycles. The van der Waals surface area contributed by atoms with Crippen molar-refractivity contribution < 1.29 is 17.2 Å². The van der Waals surface area contributed by atoms with E-state index in [0.29, 0.717) is 0 Å². The fourth-order valence-electron chi connectivity index (χ4n) is 1.41. The summed E-state index contributed by atoms with van der Waals surface area (Å²) in [5.74, 6) is -1.42. The maximum atomic E-state index is 13.2. The SMILES string of the molecule is O=S(=O)(Nc1ccc(Cl)c(F)c1)c1cccc(F)c1. The van der Waals surface area contributed by atoms with E-state index in [-0.39, 0.29) is 15.6 Å². The zero-order valence-electron chi connectivity index (χ0n) is 9.40. The van der Waals surface area contributed by atoms with Gasteiger partial charge in [0.2, 0.25) is 0 Å². The zero-order valence-corrected chi connectivity index (χ0v) is 11.0. The van der Waals surface area contributed by atoms with Crippen molar-refractivity contribution in [3.63, 3.8) is 0 Å². The largest absolute Gasteiger partial charge is 0.280 e. The Kier molecular flexibility index (Phi) is 3.73. The summed E-state index contributed by atoms with van der Waals surface area (Å²) >= 11 is 5.49. The van der Waals surface area contributed by atoms with Crippen molar-refractivity contribution in [3.8, 4) is 0 Å². The van der Waals surface area contributed by atoms with Crippen molar-refractivity contribution in [2.45, 2.75) is 4.90 Å². The number of hydrogen-bond acceptors (Lipinski definition) is 2. The van der Waals surface area contributed by atoms with E-state index < -0.39 is 21.7 Å². The number of sulfonamides is 1. The summed E-state index contributed by atoms with van der Waals surface area (Å²) in [6, 6.07) is 7.97. The number of benzene rings is 2. The minimum Gasteiger partial charge on any atom is -0.280 e. The second-order valence-corrected chi connectivity index (χ2v) is 5.78. The van der Waals surface area contributed by atoms with Crippen LogP contribution < -0.4 is 4.72 Å². The van der Waals surface area contributed by atoms with Gasteiger partial charge in [-0.05, 0) is 36.4 Å². The van der Waals surface area contributed by atoms with Gasteiger partial charge in [0.05, 0.1) is 15.6 Å². The number of halogens is 3. The highest BCUT2D eigenvalue weighted by Gasteiger charge is 2.15. The Bertz CT molecular complexity index is 719. The average molecular weight is 304 g/mol. The van der Waals surface area contributed by atoms with Crippen molar-refractivity contribution in [1.29, 1.82) is 0 Å². The fraction of sp³-hybridized carbons (Fsp3) is 0. The highest BCUT2D eigenvalue weighted by Crippen LogP contribution is 2.21. The fourth-order valence-corrected chi connectivity index (χ4v) is 2.61. The molecule has 0 fully saturated rings. The predicted octanol–water partition coefficient (Wildman–Crippen LogP) is 3.42. The standard InChI is InChI=1S/C12H8ClF2NO2S/c13-11-5-4-9(7-12(11)15)16-19(17,18)10-3-1-2-8(14)6-10/h1-7,16H. The summed E-state index contributed by atoms with van der Waals surface area (Å²) in [5.41, 5.74) is 0.00570. The third-order valence-electron chi connectivity index (χ3n) is 2.28. The summed E-state index contributed by atoms with van der Waals surface area (Å²) in [7, 11) is -3.97. The van der Waals surface area contributed by atoms with Crippen molar-refractivity contribution in [3.05, 3.63) is 59.1 Å². The van der Waals surface area contributed by atoms with Gasteiger partial charge in [0.1, 0.15) is 11.6 Å². The van der Waals surface area contributed by atoms with E-state index >= 15 is 0 Å². The average Bonchev–Trinajstić information content (AvgIpc) is 2.33. The molecule has 0 saturated carbocycles. The van der Waals surface area contributed by atoms with Gasteiger partial charge in [-0.25, -0.2) is 17.2 Å². The minimum atomic E-state index is -3.97. The van der Waals surface area contributed by atoms with Crippen LogP contribution in [0.2, 0.25) is 5.02 Å². The lowest BCUT2D eigenvalue weighted by Crippen LogP contribution is -2.13. The van der Waals surface area contributed by atoms with Crippen molar-refractivity contribution in [2.75, 3.05) is 4.72 Å². The van der Waals surface area contributed by atoms with Crippen molar-refractivity contribution in [1.82, 2.24) is 0 Å². The van der Waals surface area contributed by atoms with Crippen LogP contribution in [0.15, 0.2) is 47.4 Å². The molecule has 0 aliphatic heterocycles. The molecule has 0 saturated heterocycles. The summed E-state index contributed by atoms with van der Waals surface area (Å²) in [4.78, 5) is -0.247. The Morgan fingerprint density at radius 1 is 1.05 bits per heavy atom. The number of nitrogens with one attached hydrogen (secondary N) is 1. The van der Waals surface area contributed by atoms with E-state index in [1.165, 1.54) is 24.3 Å². The lowest BCUT2D eigenvalue weighted by Gasteiger charge is -2.08. The van der Waals surface area contributed by atoms with E-state index in [1.807, 2.05) is 0 Å². The third kappa shape index (κ3) is 3.21. The summed E-state index contributed by atoms with van der Waals surface area (Å²) in [6.45, 7) is 0. The van der Waals surface area contributed by atoms with Gasteiger partial charge in [-0.3, -0.25) is 4.72 Å². The van der Waals surface area contributed by atoms with Crippen LogP contribution in [0.25, 0.3) is 0 Å². The first-order valence-electron chi connectivity index (χ1n) is 5.12. The van der Waals surface area contributed by atoms with Crippen molar-refractivity contribution >= 4 is 27.3 Å². The van der Waals surface area contributed by atoms with E-state index in [4.69, 9.17) is 11.6 Å². The van der Waals surface area contributed by atoms with Gasteiger partial charge in [0.25, 0.3) is 10.0 Å². The normalized spacial score (nSPS) is 11.3. The summed E-state index contributed by atoms with van der Waals surface area (Å²) in [5, 5.41) is -0.117. The lowest BCUT2D eigenvalue weighted by molar-refractivity contribution is 0.595. The molecule has 1 N–H and O–H groups in total. The molecule has 0 unspecified atom stereocenters. The molecule has 0 spiro atoms. The maximum Gasteiger partial charge on any atom is 0.261 e. The molecule has 0 heterocycles. The van der Waals surface area contributed by atoms with Crippen LogP contribution in [0.3, 0.4) is 0 Å². The van der Waals surface area contributed by atoms with Gasteiger partial charge in [-0.15, -0.1) is 0 Å².